The topological polar surface area (TPSA) is 42.2 Å². The maximum Gasteiger partial charge on any atom is 0.186 e. The van der Waals surface area contributed by atoms with Crippen LogP contribution in [0.4, 0.5) is 0 Å². The largest absolute Gasteiger partial charge is 0.488 e. The average Bonchev–Trinajstić information content (AvgIpc) is 2.64. The molecule has 0 saturated carbocycles. The smallest absolute Gasteiger partial charge is 0.186 e. The first kappa shape index (κ1) is 18.2. The van der Waals surface area contributed by atoms with Crippen LogP contribution in [0.1, 0.15) is 17.2 Å². The summed E-state index contributed by atoms with van der Waals surface area (Å²) in [5, 5.41) is 11.9. The highest BCUT2D eigenvalue weighted by Crippen LogP contribution is 2.36. The third-order valence-corrected chi connectivity index (χ3v) is 4.96. The van der Waals surface area contributed by atoms with Gasteiger partial charge in [0.1, 0.15) is 12.4 Å². The Hall–Kier alpha value is -2.61. The molecule has 3 aromatic rings. The first-order valence-electron chi connectivity index (χ1n) is 8.74. The summed E-state index contributed by atoms with van der Waals surface area (Å²) in [6, 6.07) is 24.4. The Bertz CT molecular complexity index is 926. The molecule has 26 heavy (non-hydrogen) atoms. The minimum atomic E-state index is -1.90. The second-order valence-corrected chi connectivity index (χ2v) is 11.7. The molecule has 0 fully saturated rings. The summed E-state index contributed by atoms with van der Waals surface area (Å²) in [6.07, 6.45) is -0.640. The Kier molecular flexibility index (Phi) is 5.41. The molecule has 0 aliphatic rings. The number of hydrogen-bond acceptors (Lipinski definition) is 3. The van der Waals surface area contributed by atoms with Crippen LogP contribution in [0.25, 0.3) is 10.8 Å². The van der Waals surface area contributed by atoms with Gasteiger partial charge in [-0.05, 0) is 42.0 Å². The molecule has 3 rings (SSSR count). The summed E-state index contributed by atoms with van der Waals surface area (Å²) in [5.41, 5.74) is 1.91. The molecule has 0 bridgehead atoms. The van der Waals surface area contributed by atoms with Crippen molar-refractivity contribution in [1.29, 1.82) is 5.26 Å². The SMILES string of the molecule is C[Si](C)(C)OC(C#N)c1c(OCc2ccccc2)ccc2ccccc12. The molecule has 4 heteroatoms. The lowest BCUT2D eigenvalue weighted by Gasteiger charge is -2.24. The van der Waals surface area contributed by atoms with Gasteiger partial charge in [-0.25, -0.2) is 0 Å². The molecule has 0 radical (unpaired) electrons. The molecule has 0 N–H and O–H groups in total. The van der Waals surface area contributed by atoms with Crippen LogP contribution in [0.3, 0.4) is 0 Å². The van der Waals surface area contributed by atoms with E-state index < -0.39 is 14.4 Å². The number of nitrogens with zero attached hydrogens (tertiary/aromatic N) is 1. The minimum Gasteiger partial charge on any atom is -0.488 e. The first-order valence-corrected chi connectivity index (χ1v) is 12.1. The molecular weight excluding hydrogens is 338 g/mol. The molecule has 0 aliphatic heterocycles. The van der Waals surface area contributed by atoms with Gasteiger partial charge in [0.2, 0.25) is 0 Å². The fourth-order valence-electron chi connectivity index (χ4n) is 2.91. The molecule has 0 aliphatic carbocycles. The van der Waals surface area contributed by atoms with Crippen molar-refractivity contribution in [1.82, 2.24) is 0 Å². The van der Waals surface area contributed by atoms with E-state index in [0.29, 0.717) is 12.4 Å². The van der Waals surface area contributed by atoms with Gasteiger partial charge in [0, 0.05) is 5.56 Å². The predicted molar refractivity (Wildman–Crippen MR) is 108 cm³/mol. The zero-order chi connectivity index (χ0) is 18.6. The van der Waals surface area contributed by atoms with E-state index in [-0.39, 0.29) is 0 Å². The number of hydrogen-bond donors (Lipinski definition) is 0. The summed E-state index contributed by atoms with van der Waals surface area (Å²) in [7, 11) is -1.90. The van der Waals surface area contributed by atoms with Crippen LogP contribution in [0, 0.1) is 11.3 Å². The lowest BCUT2D eigenvalue weighted by molar-refractivity contribution is 0.241. The van der Waals surface area contributed by atoms with Gasteiger partial charge < -0.3 is 9.16 Å². The molecule has 0 spiro atoms. The third kappa shape index (κ3) is 4.32. The molecule has 0 heterocycles. The normalized spacial score (nSPS) is 12.5. The van der Waals surface area contributed by atoms with Gasteiger partial charge in [0.05, 0.1) is 6.07 Å². The molecule has 1 atom stereocenters. The quantitative estimate of drug-likeness (QED) is 0.518. The van der Waals surface area contributed by atoms with Crippen molar-refractivity contribution in [2.24, 2.45) is 0 Å². The lowest BCUT2D eigenvalue weighted by Crippen LogP contribution is -2.27. The van der Waals surface area contributed by atoms with E-state index in [4.69, 9.17) is 9.16 Å². The maximum atomic E-state index is 9.80. The van der Waals surface area contributed by atoms with Crippen LogP contribution < -0.4 is 4.74 Å². The maximum absolute atomic E-state index is 9.80. The van der Waals surface area contributed by atoms with Crippen LogP contribution in [0.2, 0.25) is 19.6 Å². The number of benzene rings is 3. The highest BCUT2D eigenvalue weighted by molar-refractivity contribution is 6.69. The van der Waals surface area contributed by atoms with Crippen molar-refractivity contribution in [2.75, 3.05) is 0 Å². The Morgan fingerprint density at radius 1 is 0.923 bits per heavy atom. The second kappa shape index (κ2) is 7.73. The summed E-state index contributed by atoms with van der Waals surface area (Å²) >= 11 is 0. The summed E-state index contributed by atoms with van der Waals surface area (Å²) < 4.78 is 12.3. The zero-order valence-electron chi connectivity index (χ0n) is 15.4. The number of ether oxygens (including phenoxy) is 1. The van der Waals surface area contributed by atoms with Crippen LogP contribution in [0.15, 0.2) is 66.7 Å². The Labute approximate surface area is 155 Å². The fourth-order valence-corrected chi connectivity index (χ4v) is 3.79. The summed E-state index contributed by atoms with van der Waals surface area (Å²) in [4.78, 5) is 0. The molecule has 1 unspecified atom stereocenters. The van der Waals surface area contributed by atoms with Crippen LogP contribution in [0.5, 0.6) is 5.75 Å². The molecular formula is C22H23NO2Si. The van der Waals surface area contributed by atoms with E-state index in [1.807, 2.05) is 66.7 Å². The van der Waals surface area contributed by atoms with Crippen molar-refractivity contribution >= 4 is 19.1 Å². The van der Waals surface area contributed by atoms with Crippen molar-refractivity contribution in [3.05, 3.63) is 77.9 Å². The van der Waals surface area contributed by atoms with Gasteiger partial charge in [-0.1, -0.05) is 60.7 Å². The number of nitriles is 1. The van der Waals surface area contributed by atoms with Crippen LogP contribution in [-0.2, 0) is 11.0 Å². The third-order valence-electron chi connectivity index (χ3n) is 4.02. The van der Waals surface area contributed by atoms with Gasteiger partial charge in [0.15, 0.2) is 14.4 Å². The van der Waals surface area contributed by atoms with Gasteiger partial charge in [0.25, 0.3) is 0 Å². The van der Waals surface area contributed by atoms with Gasteiger partial charge in [-0.3, -0.25) is 0 Å². The monoisotopic (exact) mass is 361 g/mol. The van der Waals surface area contributed by atoms with Crippen LogP contribution >= 0.6 is 0 Å². The predicted octanol–water partition coefficient (Wildman–Crippen LogP) is 5.83. The van der Waals surface area contributed by atoms with Crippen molar-refractivity contribution < 1.29 is 9.16 Å². The first-order chi connectivity index (χ1) is 12.5. The highest BCUT2D eigenvalue weighted by Gasteiger charge is 2.26. The van der Waals surface area contributed by atoms with E-state index in [2.05, 4.69) is 25.7 Å². The van der Waals surface area contributed by atoms with E-state index in [1.165, 1.54) is 0 Å². The second-order valence-electron chi connectivity index (χ2n) is 7.21. The van der Waals surface area contributed by atoms with E-state index in [1.54, 1.807) is 0 Å². The summed E-state index contributed by atoms with van der Waals surface area (Å²) in [6.45, 7) is 6.73. The molecule has 0 aromatic heterocycles. The molecule has 3 nitrogen and oxygen atoms in total. The minimum absolute atomic E-state index is 0.456. The van der Waals surface area contributed by atoms with Crippen molar-refractivity contribution in [3.8, 4) is 11.8 Å². The van der Waals surface area contributed by atoms with Gasteiger partial charge in [-0.2, -0.15) is 5.26 Å². The molecule has 3 aromatic carbocycles. The summed E-state index contributed by atoms with van der Waals surface area (Å²) in [5.74, 6) is 0.706. The molecule has 0 amide bonds. The van der Waals surface area contributed by atoms with Crippen molar-refractivity contribution in [2.45, 2.75) is 32.4 Å². The van der Waals surface area contributed by atoms with E-state index in [0.717, 1.165) is 21.9 Å². The Morgan fingerprint density at radius 2 is 1.62 bits per heavy atom. The highest BCUT2D eigenvalue weighted by atomic mass is 28.4. The van der Waals surface area contributed by atoms with Gasteiger partial charge >= 0.3 is 0 Å². The van der Waals surface area contributed by atoms with Gasteiger partial charge in [-0.15, -0.1) is 0 Å². The zero-order valence-corrected chi connectivity index (χ0v) is 16.4. The van der Waals surface area contributed by atoms with E-state index in [9.17, 15) is 5.26 Å². The van der Waals surface area contributed by atoms with Crippen molar-refractivity contribution in [3.63, 3.8) is 0 Å². The van der Waals surface area contributed by atoms with Crippen LogP contribution in [-0.4, -0.2) is 8.32 Å². The van der Waals surface area contributed by atoms with E-state index >= 15 is 0 Å². The Morgan fingerprint density at radius 3 is 2.31 bits per heavy atom. The standard InChI is InChI=1S/C22H23NO2Si/c1-26(2,3)25-21(15-23)22-19-12-8-7-11-18(19)13-14-20(22)24-16-17-9-5-4-6-10-17/h4-14,21H,16H2,1-3H3. The molecule has 132 valence electrons. The fraction of sp³-hybridized carbons (Fsp3) is 0.227. The molecule has 0 saturated heterocycles. The number of rotatable bonds is 6. The average molecular weight is 362 g/mol. The number of fused-ring (bicyclic) bond motifs is 1. The lowest BCUT2D eigenvalue weighted by atomic mass is 10.00. The Balaban J connectivity index is 2.03.